The molecule has 0 fully saturated rings. The molecule has 0 spiro atoms. The Hall–Kier alpha value is -1.33. The van der Waals surface area contributed by atoms with Crippen LogP contribution in [-0.4, -0.2) is 7.05 Å². The summed E-state index contributed by atoms with van der Waals surface area (Å²) in [4.78, 5) is 0. The Morgan fingerprint density at radius 1 is 1.46 bits per heavy atom. The zero-order valence-electron chi connectivity index (χ0n) is 8.26. The van der Waals surface area contributed by atoms with Crippen LogP contribution < -0.4 is 5.32 Å². The van der Waals surface area contributed by atoms with Gasteiger partial charge in [-0.3, -0.25) is 0 Å². The highest BCUT2D eigenvalue weighted by atomic mass is 14.9. The van der Waals surface area contributed by atoms with Crippen molar-refractivity contribution < 1.29 is 0 Å². The van der Waals surface area contributed by atoms with Crippen molar-refractivity contribution in [1.29, 1.82) is 5.26 Å². The molecule has 1 atom stereocenters. The Labute approximate surface area is 79.2 Å². The standard InChI is InChI=1S/C11H14N2/c1-8-4-5-10(7-12)6-11(8)9(2)13-3/h4-6,9,13H,1-3H3/t9-/m0/s1. The van der Waals surface area contributed by atoms with E-state index >= 15 is 0 Å². The highest BCUT2D eigenvalue weighted by Gasteiger charge is 2.06. The molecule has 0 saturated heterocycles. The molecule has 1 aromatic carbocycles. The van der Waals surface area contributed by atoms with Gasteiger partial charge in [-0.2, -0.15) is 5.26 Å². The van der Waals surface area contributed by atoms with Crippen molar-refractivity contribution in [2.75, 3.05) is 7.05 Å². The lowest BCUT2D eigenvalue weighted by Crippen LogP contribution is -2.13. The molecule has 0 amide bonds. The molecule has 0 aliphatic heterocycles. The largest absolute Gasteiger partial charge is 0.313 e. The van der Waals surface area contributed by atoms with Crippen molar-refractivity contribution in [3.8, 4) is 6.07 Å². The van der Waals surface area contributed by atoms with Gasteiger partial charge < -0.3 is 5.32 Å². The second-order valence-corrected chi connectivity index (χ2v) is 3.19. The molecule has 1 N–H and O–H groups in total. The smallest absolute Gasteiger partial charge is 0.0991 e. The molecule has 1 aromatic rings. The van der Waals surface area contributed by atoms with Gasteiger partial charge in [0.05, 0.1) is 11.6 Å². The average molecular weight is 174 g/mol. The minimum atomic E-state index is 0.299. The van der Waals surface area contributed by atoms with Gasteiger partial charge >= 0.3 is 0 Å². The number of nitrogens with one attached hydrogen (secondary N) is 1. The molecule has 0 aliphatic carbocycles. The first kappa shape index (κ1) is 9.76. The number of nitrogens with zero attached hydrogens (tertiary/aromatic N) is 1. The fourth-order valence-corrected chi connectivity index (χ4v) is 1.33. The van der Waals surface area contributed by atoms with Crippen molar-refractivity contribution >= 4 is 0 Å². The Bertz CT molecular complexity index is 336. The first-order valence-corrected chi connectivity index (χ1v) is 4.37. The van der Waals surface area contributed by atoms with Crippen LogP contribution in [0.25, 0.3) is 0 Å². The zero-order valence-corrected chi connectivity index (χ0v) is 8.26. The first-order valence-electron chi connectivity index (χ1n) is 4.37. The quantitative estimate of drug-likeness (QED) is 0.745. The predicted molar refractivity (Wildman–Crippen MR) is 53.4 cm³/mol. The minimum Gasteiger partial charge on any atom is -0.313 e. The molecular formula is C11H14N2. The molecule has 0 aromatic heterocycles. The zero-order chi connectivity index (χ0) is 9.84. The average Bonchev–Trinajstić information content (AvgIpc) is 2.17. The van der Waals surface area contributed by atoms with E-state index in [1.807, 2.05) is 25.2 Å². The van der Waals surface area contributed by atoms with E-state index in [1.54, 1.807) is 0 Å². The van der Waals surface area contributed by atoms with Crippen molar-refractivity contribution in [1.82, 2.24) is 5.32 Å². The van der Waals surface area contributed by atoms with Crippen LogP contribution in [0.3, 0.4) is 0 Å². The maximum atomic E-state index is 8.74. The monoisotopic (exact) mass is 174 g/mol. The number of aryl methyl sites for hydroxylation is 1. The van der Waals surface area contributed by atoms with Gasteiger partial charge in [0, 0.05) is 6.04 Å². The second-order valence-electron chi connectivity index (χ2n) is 3.19. The molecule has 0 unspecified atom stereocenters. The van der Waals surface area contributed by atoms with E-state index in [0.29, 0.717) is 6.04 Å². The topological polar surface area (TPSA) is 35.8 Å². The summed E-state index contributed by atoms with van der Waals surface area (Å²) in [5.41, 5.74) is 3.14. The van der Waals surface area contributed by atoms with E-state index in [0.717, 1.165) is 5.56 Å². The fourth-order valence-electron chi connectivity index (χ4n) is 1.33. The molecule has 68 valence electrons. The fraction of sp³-hybridized carbons (Fsp3) is 0.364. The predicted octanol–water partition coefficient (Wildman–Crippen LogP) is 2.15. The number of rotatable bonds is 2. The Morgan fingerprint density at radius 3 is 2.69 bits per heavy atom. The van der Waals surface area contributed by atoms with Crippen LogP contribution in [0.4, 0.5) is 0 Å². The van der Waals surface area contributed by atoms with Crippen LogP contribution in [0.2, 0.25) is 0 Å². The van der Waals surface area contributed by atoms with Gasteiger partial charge in [-0.25, -0.2) is 0 Å². The van der Waals surface area contributed by atoms with Gasteiger partial charge in [0.1, 0.15) is 0 Å². The molecule has 13 heavy (non-hydrogen) atoms. The second kappa shape index (κ2) is 4.06. The van der Waals surface area contributed by atoms with Crippen LogP contribution in [0.1, 0.15) is 29.7 Å². The molecular weight excluding hydrogens is 160 g/mol. The van der Waals surface area contributed by atoms with Crippen molar-refractivity contribution in [3.63, 3.8) is 0 Å². The summed E-state index contributed by atoms with van der Waals surface area (Å²) in [7, 11) is 1.92. The number of nitriles is 1. The Morgan fingerprint density at radius 2 is 2.15 bits per heavy atom. The van der Waals surface area contributed by atoms with Crippen LogP contribution >= 0.6 is 0 Å². The summed E-state index contributed by atoms with van der Waals surface area (Å²) in [5.74, 6) is 0. The molecule has 0 radical (unpaired) electrons. The summed E-state index contributed by atoms with van der Waals surface area (Å²) < 4.78 is 0. The van der Waals surface area contributed by atoms with Crippen molar-refractivity contribution in [2.24, 2.45) is 0 Å². The first-order chi connectivity index (χ1) is 6.19. The summed E-state index contributed by atoms with van der Waals surface area (Å²) in [6, 6.07) is 8.22. The third kappa shape index (κ3) is 2.07. The van der Waals surface area contributed by atoms with Crippen LogP contribution in [-0.2, 0) is 0 Å². The maximum absolute atomic E-state index is 8.74. The van der Waals surface area contributed by atoms with Crippen molar-refractivity contribution in [2.45, 2.75) is 19.9 Å². The van der Waals surface area contributed by atoms with E-state index in [1.165, 1.54) is 11.1 Å². The van der Waals surface area contributed by atoms with Gasteiger partial charge in [-0.05, 0) is 44.2 Å². The number of hydrogen-bond donors (Lipinski definition) is 1. The summed E-state index contributed by atoms with van der Waals surface area (Å²) in [6.07, 6.45) is 0. The lowest BCUT2D eigenvalue weighted by atomic mass is 10.0. The normalized spacial score (nSPS) is 12.2. The van der Waals surface area contributed by atoms with Gasteiger partial charge in [-0.1, -0.05) is 6.07 Å². The number of benzene rings is 1. The summed E-state index contributed by atoms with van der Waals surface area (Å²) in [5, 5.41) is 11.9. The third-order valence-electron chi connectivity index (χ3n) is 2.31. The Kier molecular flexibility index (Phi) is 3.05. The third-order valence-corrected chi connectivity index (χ3v) is 2.31. The van der Waals surface area contributed by atoms with Crippen LogP contribution in [0.15, 0.2) is 18.2 Å². The van der Waals surface area contributed by atoms with Gasteiger partial charge in [0.2, 0.25) is 0 Å². The molecule has 0 saturated carbocycles. The summed E-state index contributed by atoms with van der Waals surface area (Å²) in [6.45, 7) is 4.15. The van der Waals surface area contributed by atoms with Gasteiger partial charge in [0.25, 0.3) is 0 Å². The van der Waals surface area contributed by atoms with E-state index in [9.17, 15) is 0 Å². The van der Waals surface area contributed by atoms with E-state index in [-0.39, 0.29) is 0 Å². The van der Waals surface area contributed by atoms with E-state index in [2.05, 4.69) is 25.2 Å². The van der Waals surface area contributed by atoms with Crippen LogP contribution in [0.5, 0.6) is 0 Å². The van der Waals surface area contributed by atoms with E-state index in [4.69, 9.17) is 5.26 Å². The van der Waals surface area contributed by atoms with Gasteiger partial charge in [0.15, 0.2) is 0 Å². The summed E-state index contributed by atoms with van der Waals surface area (Å²) >= 11 is 0. The van der Waals surface area contributed by atoms with Gasteiger partial charge in [-0.15, -0.1) is 0 Å². The minimum absolute atomic E-state index is 0.299. The van der Waals surface area contributed by atoms with Crippen LogP contribution in [0, 0.1) is 18.3 Å². The SMILES string of the molecule is CN[C@@H](C)c1cc(C#N)ccc1C. The molecule has 0 aliphatic rings. The molecule has 0 bridgehead atoms. The lowest BCUT2D eigenvalue weighted by molar-refractivity contribution is 0.648. The van der Waals surface area contributed by atoms with E-state index < -0.39 is 0 Å². The Balaban J connectivity index is 3.12. The number of hydrogen-bond acceptors (Lipinski definition) is 2. The molecule has 0 heterocycles. The molecule has 2 nitrogen and oxygen atoms in total. The van der Waals surface area contributed by atoms with Crippen molar-refractivity contribution in [3.05, 3.63) is 34.9 Å². The molecule has 1 rings (SSSR count). The highest BCUT2D eigenvalue weighted by Crippen LogP contribution is 2.18. The maximum Gasteiger partial charge on any atom is 0.0991 e. The highest BCUT2D eigenvalue weighted by molar-refractivity contribution is 5.38. The lowest BCUT2D eigenvalue weighted by Gasteiger charge is -2.13. The molecule has 2 heteroatoms.